The van der Waals surface area contributed by atoms with Crippen molar-refractivity contribution in [2.24, 2.45) is 0 Å². The average molecular weight is 407 g/mol. The summed E-state index contributed by atoms with van der Waals surface area (Å²) in [6.07, 6.45) is 3.32. The summed E-state index contributed by atoms with van der Waals surface area (Å²) in [5.74, 6) is -0.179. The van der Waals surface area contributed by atoms with Crippen LogP contribution in [0, 0.1) is 5.82 Å². The number of hydrogen-bond donors (Lipinski definition) is 1. The minimum Gasteiger partial charge on any atom is -0.275 e. The van der Waals surface area contributed by atoms with Gasteiger partial charge < -0.3 is 0 Å². The van der Waals surface area contributed by atoms with Gasteiger partial charge in [-0.2, -0.15) is 5.10 Å². The SMILES string of the molecule is CC(=O)N(c1ccccc1Cl)c1n[nH]c(-c2ccc(F)cc2)c1-c1ccncc1. The second-order valence-electron chi connectivity index (χ2n) is 6.35. The van der Waals surface area contributed by atoms with Crippen molar-refractivity contribution in [1.29, 1.82) is 0 Å². The Morgan fingerprint density at radius 2 is 1.69 bits per heavy atom. The van der Waals surface area contributed by atoms with Gasteiger partial charge in [0, 0.05) is 24.9 Å². The van der Waals surface area contributed by atoms with Gasteiger partial charge in [0.2, 0.25) is 5.91 Å². The Bertz CT molecular complexity index is 1160. The Morgan fingerprint density at radius 1 is 1.00 bits per heavy atom. The van der Waals surface area contributed by atoms with Crippen LogP contribution in [0.4, 0.5) is 15.9 Å². The number of para-hydroxylation sites is 1. The molecule has 2 aromatic carbocycles. The molecule has 0 fully saturated rings. The number of aromatic nitrogens is 3. The summed E-state index contributed by atoms with van der Waals surface area (Å²) in [7, 11) is 0. The van der Waals surface area contributed by atoms with E-state index < -0.39 is 0 Å². The summed E-state index contributed by atoms with van der Waals surface area (Å²) in [4.78, 5) is 18.2. The van der Waals surface area contributed by atoms with Crippen LogP contribution in [0.1, 0.15) is 6.92 Å². The molecule has 5 nitrogen and oxygen atoms in total. The Hall–Kier alpha value is -3.51. The van der Waals surface area contributed by atoms with Gasteiger partial charge in [-0.3, -0.25) is 19.8 Å². The second kappa shape index (κ2) is 7.85. The van der Waals surface area contributed by atoms with E-state index in [1.54, 1.807) is 48.8 Å². The van der Waals surface area contributed by atoms with Gasteiger partial charge in [0.15, 0.2) is 5.82 Å². The van der Waals surface area contributed by atoms with Crippen molar-refractivity contribution in [2.75, 3.05) is 4.90 Å². The molecule has 0 radical (unpaired) electrons. The number of carbonyl (C=O) groups is 1. The molecule has 0 atom stereocenters. The van der Waals surface area contributed by atoms with Gasteiger partial charge in [-0.05, 0) is 54.1 Å². The van der Waals surface area contributed by atoms with E-state index in [9.17, 15) is 9.18 Å². The van der Waals surface area contributed by atoms with Crippen LogP contribution in [0.15, 0.2) is 73.1 Å². The lowest BCUT2D eigenvalue weighted by Crippen LogP contribution is -2.24. The van der Waals surface area contributed by atoms with Gasteiger partial charge in [0.05, 0.1) is 22.0 Å². The van der Waals surface area contributed by atoms with Gasteiger partial charge in [-0.25, -0.2) is 4.39 Å². The molecule has 0 unspecified atom stereocenters. The van der Waals surface area contributed by atoms with Crippen LogP contribution in [-0.2, 0) is 4.79 Å². The summed E-state index contributed by atoms with van der Waals surface area (Å²) in [5.41, 5.74) is 3.41. The van der Waals surface area contributed by atoms with Gasteiger partial charge in [-0.15, -0.1) is 0 Å². The first-order chi connectivity index (χ1) is 14.1. The number of carbonyl (C=O) groups excluding carboxylic acids is 1. The predicted molar refractivity (Wildman–Crippen MR) is 111 cm³/mol. The molecule has 4 aromatic rings. The van der Waals surface area contributed by atoms with Crippen molar-refractivity contribution in [1.82, 2.24) is 15.2 Å². The Balaban J connectivity index is 1.97. The Labute approximate surface area is 171 Å². The lowest BCUT2D eigenvalue weighted by Gasteiger charge is -2.21. The number of nitrogens with one attached hydrogen (secondary N) is 1. The molecule has 2 aromatic heterocycles. The zero-order valence-corrected chi connectivity index (χ0v) is 16.2. The van der Waals surface area contributed by atoms with Crippen molar-refractivity contribution in [3.05, 3.63) is 83.9 Å². The van der Waals surface area contributed by atoms with Crippen LogP contribution in [0.3, 0.4) is 0 Å². The number of halogens is 2. The third-order valence-electron chi connectivity index (χ3n) is 4.47. The molecule has 1 amide bonds. The first-order valence-electron chi connectivity index (χ1n) is 8.86. The third kappa shape index (κ3) is 3.62. The number of rotatable bonds is 4. The zero-order valence-electron chi connectivity index (χ0n) is 15.4. The van der Waals surface area contributed by atoms with Crippen molar-refractivity contribution in [3.63, 3.8) is 0 Å². The molecule has 0 aliphatic heterocycles. The number of anilines is 2. The van der Waals surface area contributed by atoms with E-state index in [2.05, 4.69) is 15.2 Å². The van der Waals surface area contributed by atoms with E-state index in [0.717, 1.165) is 11.1 Å². The second-order valence-corrected chi connectivity index (χ2v) is 6.75. The summed E-state index contributed by atoms with van der Waals surface area (Å²) in [6.45, 7) is 1.45. The van der Waals surface area contributed by atoms with Crippen LogP contribution in [0.25, 0.3) is 22.4 Å². The molecule has 0 spiro atoms. The normalized spacial score (nSPS) is 10.7. The van der Waals surface area contributed by atoms with Crippen molar-refractivity contribution in [3.8, 4) is 22.4 Å². The van der Waals surface area contributed by atoms with Crippen LogP contribution < -0.4 is 4.90 Å². The number of nitrogens with zero attached hydrogens (tertiary/aromatic N) is 3. The molecule has 0 bridgehead atoms. The number of H-pyrrole nitrogens is 1. The van der Waals surface area contributed by atoms with E-state index in [-0.39, 0.29) is 11.7 Å². The maximum absolute atomic E-state index is 13.4. The van der Waals surface area contributed by atoms with E-state index in [1.807, 2.05) is 12.1 Å². The zero-order chi connectivity index (χ0) is 20.4. The summed E-state index contributed by atoms with van der Waals surface area (Å²) >= 11 is 6.37. The van der Waals surface area contributed by atoms with E-state index in [4.69, 9.17) is 11.6 Å². The minimum atomic E-state index is -0.333. The standard InChI is InChI=1S/C22H16ClFN4O/c1-14(29)28(19-5-3-2-4-18(19)23)22-20(15-10-12-25-13-11-15)21(26-27-22)16-6-8-17(24)9-7-16/h2-13H,1H3,(H,26,27). The predicted octanol–water partition coefficient (Wildman–Crippen LogP) is 5.62. The molecule has 0 aliphatic carbocycles. The molecule has 144 valence electrons. The number of aromatic amines is 1. The number of amides is 1. The summed E-state index contributed by atoms with van der Waals surface area (Å²) < 4.78 is 13.4. The number of hydrogen-bond acceptors (Lipinski definition) is 3. The summed E-state index contributed by atoms with van der Waals surface area (Å²) in [5, 5.41) is 7.87. The number of pyridine rings is 1. The fourth-order valence-corrected chi connectivity index (χ4v) is 3.40. The van der Waals surface area contributed by atoms with Crippen LogP contribution in [-0.4, -0.2) is 21.1 Å². The highest BCUT2D eigenvalue weighted by atomic mass is 35.5. The van der Waals surface area contributed by atoms with E-state index in [1.165, 1.54) is 24.0 Å². The van der Waals surface area contributed by atoms with Crippen LogP contribution in [0.5, 0.6) is 0 Å². The highest BCUT2D eigenvalue weighted by Crippen LogP contribution is 2.41. The maximum atomic E-state index is 13.4. The quantitative estimate of drug-likeness (QED) is 0.478. The van der Waals surface area contributed by atoms with Gasteiger partial charge in [-0.1, -0.05) is 23.7 Å². The summed E-state index contributed by atoms with van der Waals surface area (Å²) in [6, 6.07) is 16.8. The molecule has 0 saturated carbocycles. The van der Waals surface area contributed by atoms with Gasteiger partial charge >= 0.3 is 0 Å². The molecular weight excluding hydrogens is 391 g/mol. The smallest absolute Gasteiger partial charge is 0.229 e. The molecular formula is C22H16ClFN4O. The minimum absolute atomic E-state index is 0.245. The first-order valence-corrected chi connectivity index (χ1v) is 9.24. The third-order valence-corrected chi connectivity index (χ3v) is 4.79. The van der Waals surface area contributed by atoms with E-state index in [0.29, 0.717) is 27.8 Å². The van der Waals surface area contributed by atoms with Gasteiger partial charge in [0.1, 0.15) is 5.82 Å². The van der Waals surface area contributed by atoms with Crippen molar-refractivity contribution < 1.29 is 9.18 Å². The topological polar surface area (TPSA) is 61.9 Å². The molecule has 2 heterocycles. The molecule has 7 heteroatoms. The maximum Gasteiger partial charge on any atom is 0.229 e. The molecule has 0 saturated heterocycles. The van der Waals surface area contributed by atoms with Crippen molar-refractivity contribution in [2.45, 2.75) is 6.92 Å². The van der Waals surface area contributed by atoms with E-state index >= 15 is 0 Å². The molecule has 0 aliphatic rings. The Kier molecular flexibility index (Phi) is 5.10. The molecule has 4 rings (SSSR count). The lowest BCUT2D eigenvalue weighted by atomic mass is 10.0. The monoisotopic (exact) mass is 406 g/mol. The van der Waals surface area contributed by atoms with Crippen LogP contribution >= 0.6 is 11.6 Å². The highest BCUT2D eigenvalue weighted by Gasteiger charge is 2.26. The molecule has 29 heavy (non-hydrogen) atoms. The lowest BCUT2D eigenvalue weighted by molar-refractivity contribution is -0.115. The fraction of sp³-hybridized carbons (Fsp3) is 0.0455. The average Bonchev–Trinajstić information content (AvgIpc) is 3.15. The first kappa shape index (κ1) is 18.8. The van der Waals surface area contributed by atoms with Crippen LogP contribution in [0.2, 0.25) is 5.02 Å². The van der Waals surface area contributed by atoms with Gasteiger partial charge in [0.25, 0.3) is 0 Å². The molecule has 1 N–H and O–H groups in total. The fourth-order valence-electron chi connectivity index (χ4n) is 3.18. The highest BCUT2D eigenvalue weighted by molar-refractivity contribution is 6.34. The largest absolute Gasteiger partial charge is 0.275 e. The number of benzene rings is 2. The Morgan fingerprint density at radius 3 is 2.34 bits per heavy atom. The van der Waals surface area contributed by atoms with Crippen molar-refractivity contribution >= 4 is 29.0 Å².